The maximum absolute atomic E-state index is 13.2. The van der Waals surface area contributed by atoms with Crippen LogP contribution < -0.4 is 15.6 Å². The molecule has 0 saturated carbocycles. The van der Waals surface area contributed by atoms with E-state index in [1.165, 1.54) is 30.3 Å². The van der Waals surface area contributed by atoms with Crippen LogP contribution in [0.3, 0.4) is 0 Å². The van der Waals surface area contributed by atoms with Crippen LogP contribution in [0, 0.1) is 0 Å². The van der Waals surface area contributed by atoms with Crippen molar-refractivity contribution < 1.29 is 32.7 Å². The molecule has 1 fully saturated rings. The number of hydrazone groups is 1. The molecule has 3 N–H and O–H groups in total. The predicted molar refractivity (Wildman–Crippen MR) is 145 cm³/mol. The maximum atomic E-state index is 13.2. The SMILES string of the molecule is O=C(O)c1cccc(C(=O)Nc2ccc(N3CCCCC3)cc2C(=O)N/N=C\c2ccc(Cl)c(C(F)(F)F)c2)c1. The predicted octanol–water partition coefficient (Wildman–Crippen LogP) is 6.06. The number of hydrogen-bond donors (Lipinski definition) is 3. The molecular weight excluding hydrogens is 549 g/mol. The van der Waals surface area contributed by atoms with Crippen LogP contribution in [0.1, 0.15) is 61.5 Å². The van der Waals surface area contributed by atoms with Crippen molar-refractivity contribution in [3.63, 3.8) is 0 Å². The number of carbonyl (C=O) groups excluding carboxylic acids is 2. The molecule has 0 atom stereocenters. The molecule has 12 heteroatoms. The minimum Gasteiger partial charge on any atom is -0.478 e. The number of rotatable bonds is 7. The summed E-state index contributed by atoms with van der Waals surface area (Å²) < 4.78 is 39.5. The topological polar surface area (TPSA) is 111 Å². The first-order valence-corrected chi connectivity index (χ1v) is 12.6. The highest BCUT2D eigenvalue weighted by atomic mass is 35.5. The summed E-state index contributed by atoms with van der Waals surface area (Å²) in [5, 5.41) is 15.2. The van der Waals surface area contributed by atoms with Gasteiger partial charge in [-0.15, -0.1) is 0 Å². The smallest absolute Gasteiger partial charge is 0.417 e. The number of aromatic carboxylic acids is 1. The van der Waals surface area contributed by atoms with Gasteiger partial charge in [-0.3, -0.25) is 9.59 Å². The molecule has 0 aliphatic carbocycles. The Hall–Kier alpha value is -4.38. The lowest BCUT2D eigenvalue weighted by atomic mass is 10.1. The van der Waals surface area contributed by atoms with E-state index in [-0.39, 0.29) is 27.9 Å². The first-order valence-electron chi connectivity index (χ1n) is 12.3. The van der Waals surface area contributed by atoms with E-state index >= 15 is 0 Å². The first-order chi connectivity index (χ1) is 19.0. The molecule has 1 heterocycles. The highest BCUT2D eigenvalue weighted by Crippen LogP contribution is 2.35. The first kappa shape index (κ1) is 28.6. The van der Waals surface area contributed by atoms with E-state index in [0.717, 1.165) is 56.4 Å². The Kier molecular flexibility index (Phi) is 8.73. The summed E-state index contributed by atoms with van der Waals surface area (Å²) in [6.07, 6.45) is -0.525. The molecule has 1 aliphatic rings. The van der Waals surface area contributed by atoms with Crippen molar-refractivity contribution in [2.45, 2.75) is 25.4 Å². The Morgan fingerprint density at radius 2 is 1.65 bits per heavy atom. The zero-order valence-electron chi connectivity index (χ0n) is 21.0. The molecule has 0 unspecified atom stereocenters. The third-order valence-corrected chi connectivity index (χ3v) is 6.59. The van der Waals surface area contributed by atoms with Gasteiger partial charge in [-0.25, -0.2) is 10.2 Å². The number of nitrogens with zero attached hydrogens (tertiary/aromatic N) is 2. The van der Waals surface area contributed by atoms with Gasteiger partial charge in [0.05, 0.1) is 33.6 Å². The zero-order valence-corrected chi connectivity index (χ0v) is 21.7. The van der Waals surface area contributed by atoms with E-state index in [1.54, 1.807) is 18.2 Å². The molecule has 208 valence electrons. The van der Waals surface area contributed by atoms with Gasteiger partial charge in [0.25, 0.3) is 11.8 Å². The van der Waals surface area contributed by atoms with Crippen molar-refractivity contribution in [2.75, 3.05) is 23.3 Å². The lowest BCUT2D eigenvalue weighted by Gasteiger charge is -2.29. The summed E-state index contributed by atoms with van der Waals surface area (Å²) >= 11 is 5.65. The number of nitrogens with one attached hydrogen (secondary N) is 2. The van der Waals surface area contributed by atoms with Gasteiger partial charge in [0, 0.05) is 24.3 Å². The van der Waals surface area contributed by atoms with Gasteiger partial charge in [0.1, 0.15) is 0 Å². The Morgan fingerprint density at radius 3 is 2.35 bits per heavy atom. The molecule has 3 aromatic carbocycles. The van der Waals surface area contributed by atoms with Crippen molar-refractivity contribution in [3.05, 3.63) is 93.5 Å². The summed E-state index contributed by atoms with van der Waals surface area (Å²) in [5.41, 5.74) is 2.29. The van der Waals surface area contributed by atoms with Crippen LogP contribution in [0.15, 0.2) is 65.8 Å². The van der Waals surface area contributed by atoms with Crippen molar-refractivity contribution in [1.82, 2.24) is 5.43 Å². The molecule has 1 aliphatic heterocycles. The van der Waals surface area contributed by atoms with Crippen LogP contribution >= 0.6 is 11.6 Å². The van der Waals surface area contributed by atoms with Crippen LogP contribution in [-0.4, -0.2) is 42.2 Å². The number of anilines is 2. The minimum atomic E-state index is -4.66. The van der Waals surface area contributed by atoms with E-state index in [0.29, 0.717) is 0 Å². The quantitative estimate of drug-likeness (QED) is 0.235. The Labute approximate surface area is 232 Å². The van der Waals surface area contributed by atoms with Crippen molar-refractivity contribution >= 4 is 47.0 Å². The zero-order chi connectivity index (χ0) is 28.9. The molecule has 0 radical (unpaired) electrons. The summed E-state index contributed by atoms with van der Waals surface area (Å²) in [7, 11) is 0. The van der Waals surface area contributed by atoms with Gasteiger partial charge < -0.3 is 15.3 Å². The number of carboxylic acid groups (broad SMARTS) is 1. The average Bonchev–Trinajstić information content (AvgIpc) is 2.94. The normalized spacial score (nSPS) is 13.8. The highest BCUT2D eigenvalue weighted by molar-refractivity contribution is 6.31. The molecule has 2 amide bonds. The highest BCUT2D eigenvalue weighted by Gasteiger charge is 2.33. The van der Waals surface area contributed by atoms with Gasteiger partial charge in [-0.1, -0.05) is 23.7 Å². The number of hydrogen-bond acceptors (Lipinski definition) is 5. The number of amides is 2. The maximum Gasteiger partial charge on any atom is 0.417 e. The number of alkyl halides is 3. The number of benzene rings is 3. The third kappa shape index (κ3) is 6.97. The number of carbonyl (C=O) groups is 3. The Bertz CT molecular complexity index is 1470. The molecule has 1 saturated heterocycles. The summed E-state index contributed by atoms with van der Waals surface area (Å²) in [6, 6.07) is 13.6. The summed E-state index contributed by atoms with van der Waals surface area (Å²) in [6.45, 7) is 1.59. The van der Waals surface area contributed by atoms with Gasteiger partial charge in [0.15, 0.2) is 0 Å². The number of halogens is 4. The standard InChI is InChI=1S/C28H24ClF3N4O4/c29-23-9-7-17(13-22(23)28(30,31)32)16-33-35-26(38)21-15-20(36-11-2-1-3-12-36)8-10-24(21)34-25(37)18-5-4-6-19(14-18)27(39)40/h4-10,13-16H,1-3,11-12H2,(H,34,37)(H,35,38)(H,39,40)/b33-16-. The molecule has 0 aromatic heterocycles. The van der Waals surface area contributed by atoms with Gasteiger partial charge >= 0.3 is 12.1 Å². The Morgan fingerprint density at radius 1 is 0.925 bits per heavy atom. The fourth-order valence-electron chi connectivity index (χ4n) is 4.23. The lowest BCUT2D eigenvalue weighted by Crippen LogP contribution is -2.30. The monoisotopic (exact) mass is 572 g/mol. The molecule has 8 nitrogen and oxygen atoms in total. The van der Waals surface area contributed by atoms with Crippen LogP contribution in [0.2, 0.25) is 5.02 Å². The van der Waals surface area contributed by atoms with E-state index in [1.807, 2.05) is 0 Å². The van der Waals surface area contributed by atoms with E-state index in [2.05, 4.69) is 20.7 Å². The van der Waals surface area contributed by atoms with E-state index < -0.39 is 34.5 Å². The van der Waals surface area contributed by atoms with Crippen molar-refractivity contribution in [1.29, 1.82) is 0 Å². The van der Waals surface area contributed by atoms with Gasteiger partial charge in [0.2, 0.25) is 0 Å². The second-order valence-corrected chi connectivity index (χ2v) is 9.46. The Balaban J connectivity index is 1.59. The van der Waals surface area contributed by atoms with Crippen LogP contribution in [0.5, 0.6) is 0 Å². The molecule has 3 aromatic rings. The molecule has 40 heavy (non-hydrogen) atoms. The number of piperidine rings is 1. The van der Waals surface area contributed by atoms with Crippen molar-refractivity contribution in [2.24, 2.45) is 5.10 Å². The van der Waals surface area contributed by atoms with E-state index in [4.69, 9.17) is 11.6 Å². The minimum absolute atomic E-state index is 0.0610. The molecule has 4 rings (SSSR count). The van der Waals surface area contributed by atoms with Crippen molar-refractivity contribution in [3.8, 4) is 0 Å². The molecule has 0 bridgehead atoms. The van der Waals surface area contributed by atoms with Crippen LogP contribution in [-0.2, 0) is 6.18 Å². The largest absolute Gasteiger partial charge is 0.478 e. The molecule has 0 spiro atoms. The van der Waals surface area contributed by atoms with E-state index in [9.17, 15) is 32.7 Å². The fourth-order valence-corrected chi connectivity index (χ4v) is 4.46. The average molecular weight is 573 g/mol. The lowest BCUT2D eigenvalue weighted by molar-refractivity contribution is -0.137. The van der Waals surface area contributed by atoms with Gasteiger partial charge in [-0.2, -0.15) is 18.3 Å². The second kappa shape index (κ2) is 12.2. The number of carboxylic acids is 1. The fraction of sp³-hybridized carbons (Fsp3) is 0.214. The third-order valence-electron chi connectivity index (χ3n) is 6.26. The van der Waals surface area contributed by atoms with Gasteiger partial charge in [-0.05, 0) is 73.4 Å². The van der Waals surface area contributed by atoms with Crippen LogP contribution in [0.25, 0.3) is 0 Å². The second-order valence-electron chi connectivity index (χ2n) is 9.05. The summed E-state index contributed by atoms with van der Waals surface area (Å²) in [4.78, 5) is 39.5. The van der Waals surface area contributed by atoms with Crippen LogP contribution in [0.4, 0.5) is 24.5 Å². The summed E-state index contributed by atoms with van der Waals surface area (Å²) in [5.74, 6) is -2.54. The molecular formula is C28H24ClF3N4O4.